The molecule has 30 heteroatoms. The van der Waals surface area contributed by atoms with Gasteiger partial charge in [-0.25, -0.2) is 9.36 Å². The molecule has 4 aliphatic heterocycles. The third-order valence-electron chi connectivity index (χ3n) is 12.1. The quantitative estimate of drug-likeness (QED) is 0.0592. The molecule has 0 aromatic carbocycles. The second-order valence-corrected chi connectivity index (χ2v) is 16.1. The van der Waals surface area contributed by atoms with Crippen molar-refractivity contribution in [2.45, 2.75) is 135 Å². The highest BCUT2D eigenvalue weighted by molar-refractivity contribution is 5.13. The molecular weight excluding hydrogens is 864 g/mol. The standard InChI is InChI=1S/C34H50N12O18/c47-7-15-19(23(53)27(57)31(61-15)11-3-43(39-35-11)1-2-44-4-12(36-40-44)32-29(59)25(55)21(51)17(9-49)63-32)45-5-13(37-41-45)33-28(58)24(54)20(16(8-48)62-33)46-6-14(38-42-46)34-30(60)26(56)22(52)18(10-50)64-34/h3-6,15-34,47-60H,1-2,7-10H2/t15-,16-,17-,18-,19-,20-,21-,22-,23+,24+,25+,26+,27-,28-,29-,30-,31+,32+,33+,34+/m1/s1. The second kappa shape index (κ2) is 19.0. The fraction of sp³-hybridized carbons (Fsp3) is 0.765. The SMILES string of the molecule is OC[C@H]1O[C@@H](c2cn(CCn3cc([C@@H]4O[C@H](CO)[C@@H](n5cc([C@@H]6O[C@H](CO)[C@@H](n7cc([C@@H]8O[C@H](CO)[C@@H](O)[C@H](O)[C@H]8O)nn7)[C@H](O)[C@H]6O)nn5)[C@H](O)[C@H]4O)nn3)nn2)[C@H](O)[C@@H](O)[C@@H]1O. The Morgan fingerprint density at radius 1 is 0.359 bits per heavy atom. The van der Waals surface area contributed by atoms with E-state index in [2.05, 4.69) is 41.2 Å². The summed E-state index contributed by atoms with van der Waals surface area (Å²) in [4.78, 5) is 0. The van der Waals surface area contributed by atoms with E-state index in [9.17, 15) is 71.5 Å². The Bertz CT molecular complexity index is 2140. The third kappa shape index (κ3) is 8.44. The summed E-state index contributed by atoms with van der Waals surface area (Å²) in [6.07, 6.45) is -21.2. The van der Waals surface area contributed by atoms with Gasteiger partial charge in [0.1, 0.15) is 145 Å². The highest BCUT2D eigenvalue weighted by Gasteiger charge is 2.51. The predicted octanol–water partition coefficient (Wildman–Crippen LogP) is -9.43. The Morgan fingerprint density at radius 2 is 0.656 bits per heavy atom. The first-order valence-electron chi connectivity index (χ1n) is 20.2. The fourth-order valence-electron chi connectivity index (χ4n) is 8.48. The first-order chi connectivity index (χ1) is 30.7. The van der Waals surface area contributed by atoms with Crippen molar-refractivity contribution in [2.75, 3.05) is 26.4 Å². The van der Waals surface area contributed by atoms with Gasteiger partial charge in [0.15, 0.2) is 0 Å². The first kappa shape index (κ1) is 46.4. The number of nitrogens with zero attached hydrogens (tertiary/aromatic N) is 12. The van der Waals surface area contributed by atoms with Gasteiger partial charge in [-0.3, -0.25) is 9.36 Å². The molecule has 64 heavy (non-hydrogen) atoms. The molecule has 8 heterocycles. The number of aliphatic hydroxyl groups excluding tert-OH is 14. The first-order valence-corrected chi connectivity index (χ1v) is 20.2. The van der Waals surface area contributed by atoms with E-state index in [1.54, 1.807) is 0 Å². The van der Waals surface area contributed by atoms with Crippen LogP contribution in [0.4, 0.5) is 0 Å². The predicted molar refractivity (Wildman–Crippen MR) is 197 cm³/mol. The largest absolute Gasteiger partial charge is 0.394 e. The minimum absolute atomic E-state index is 0.0717. The molecule has 4 fully saturated rings. The topological polar surface area (TPSA) is 443 Å². The van der Waals surface area contributed by atoms with Gasteiger partial charge in [0, 0.05) is 0 Å². The van der Waals surface area contributed by atoms with Gasteiger partial charge in [0.25, 0.3) is 0 Å². The molecule has 0 unspecified atom stereocenters. The summed E-state index contributed by atoms with van der Waals surface area (Å²) in [7, 11) is 0. The van der Waals surface area contributed by atoms with Gasteiger partial charge in [-0.1, -0.05) is 20.9 Å². The normalized spacial score (nSPS) is 40.8. The van der Waals surface area contributed by atoms with E-state index < -0.39 is 148 Å². The maximum atomic E-state index is 11.4. The number of ether oxygens (including phenoxy) is 4. The van der Waals surface area contributed by atoms with E-state index in [0.29, 0.717) is 0 Å². The molecule has 0 spiro atoms. The average Bonchev–Trinajstić information content (AvgIpc) is 4.15. The molecule has 0 amide bonds. The van der Waals surface area contributed by atoms with Crippen LogP contribution in [-0.4, -0.2) is 243 Å². The Kier molecular flexibility index (Phi) is 13.8. The molecule has 0 aliphatic carbocycles. The van der Waals surface area contributed by atoms with E-state index in [4.69, 9.17) is 18.9 Å². The highest BCUT2D eigenvalue weighted by Crippen LogP contribution is 2.41. The summed E-state index contributed by atoms with van der Waals surface area (Å²) in [6.45, 7) is -2.40. The number of aromatic nitrogens is 12. The molecule has 0 saturated carbocycles. The minimum Gasteiger partial charge on any atom is -0.394 e. The number of aliphatic hydroxyl groups is 14. The van der Waals surface area contributed by atoms with E-state index in [1.807, 2.05) is 0 Å². The van der Waals surface area contributed by atoms with Gasteiger partial charge in [-0.05, 0) is 0 Å². The number of aryl methyl sites for hydroxylation is 2. The summed E-state index contributed by atoms with van der Waals surface area (Å²) in [5.74, 6) is 0. The van der Waals surface area contributed by atoms with Crippen LogP contribution < -0.4 is 0 Å². The molecular formula is C34H50N12O18. The summed E-state index contributed by atoms with van der Waals surface area (Å²) < 4.78 is 27.9. The molecule has 30 nitrogen and oxygen atoms in total. The summed E-state index contributed by atoms with van der Waals surface area (Å²) in [6, 6.07) is -2.55. The zero-order valence-corrected chi connectivity index (χ0v) is 33.4. The minimum atomic E-state index is -1.74. The van der Waals surface area contributed by atoms with Crippen LogP contribution in [0.5, 0.6) is 0 Å². The Balaban J connectivity index is 0.906. The lowest BCUT2D eigenvalue weighted by Crippen LogP contribution is -2.55. The van der Waals surface area contributed by atoms with Crippen molar-refractivity contribution in [3.63, 3.8) is 0 Å². The lowest BCUT2D eigenvalue weighted by molar-refractivity contribution is -0.232. The molecule has 8 rings (SSSR count). The van der Waals surface area contributed by atoms with E-state index in [-0.39, 0.29) is 35.9 Å². The smallest absolute Gasteiger partial charge is 0.132 e. The molecule has 20 atom stereocenters. The van der Waals surface area contributed by atoms with Gasteiger partial charge < -0.3 is 90.4 Å². The van der Waals surface area contributed by atoms with Crippen LogP contribution in [-0.2, 0) is 32.0 Å². The molecule has 4 aliphatic rings. The van der Waals surface area contributed by atoms with Crippen LogP contribution in [0.2, 0.25) is 0 Å². The van der Waals surface area contributed by atoms with Gasteiger partial charge in [-0.15, -0.1) is 20.4 Å². The van der Waals surface area contributed by atoms with E-state index >= 15 is 0 Å². The van der Waals surface area contributed by atoms with Crippen LogP contribution in [0.1, 0.15) is 59.3 Å². The molecule has 4 saturated heterocycles. The zero-order valence-electron chi connectivity index (χ0n) is 33.4. The van der Waals surface area contributed by atoms with Crippen molar-refractivity contribution in [3.05, 3.63) is 47.6 Å². The van der Waals surface area contributed by atoms with Gasteiger partial charge in [-0.2, -0.15) is 0 Å². The summed E-state index contributed by atoms with van der Waals surface area (Å²) in [5.41, 5.74) is 0.0681. The van der Waals surface area contributed by atoms with Gasteiger partial charge >= 0.3 is 0 Å². The van der Waals surface area contributed by atoms with Gasteiger partial charge in [0.2, 0.25) is 0 Å². The van der Waals surface area contributed by atoms with Crippen molar-refractivity contribution < 1.29 is 90.4 Å². The molecule has 4 aromatic rings. The van der Waals surface area contributed by atoms with Crippen molar-refractivity contribution in [3.8, 4) is 0 Å². The van der Waals surface area contributed by atoms with Crippen molar-refractivity contribution in [2.24, 2.45) is 0 Å². The third-order valence-corrected chi connectivity index (χ3v) is 12.1. The number of hydrogen-bond acceptors (Lipinski definition) is 26. The molecule has 354 valence electrons. The number of rotatable bonds is 13. The maximum absolute atomic E-state index is 11.4. The second-order valence-electron chi connectivity index (χ2n) is 16.1. The van der Waals surface area contributed by atoms with Crippen molar-refractivity contribution >= 4 is 0 Å². The molecule has 14 N–H and O–H groups in total. The van der Waals surface area contributed by atoms with Crippen LogP contribution >= 0.6 is 0 Å². The average molecular weight is 915 g/mol. The summed E-state index contributed by atoms with van der Waals surface area (Å²) in [5, 5.41) is 179. The number of hydrogen-bond donors (Lipinski definition) is 14. The summed E-state index contributed by atoms with van der Waals surface area (Å²) >= 11 is 0. The van der Waals surface area contributed by atoms with E-state index in [0.717, 1.165) is 9.36 Å². The fourth-order valence-corrected chi connectivity index (χ4v) is 8.48. The van der Waals surface area contributed by atoms with Crippen LogP contribution in [0, 0.1) is 0 Å². The molecule has 0 radical (unpaired) electrons. The zero-order chi connectivity index (χ0) is 45.7. The van der Waals surface area contributed by atoms with E-state index in [1.165, 1.54) is 34.2 Å². The lowest BCUT2D eigenvalue weighted by atomic mass is 9.91. The van der Waals surface area contributed by atoms with Crippen molar-refractivity contribution in [1.82, 2.24) is 60.0 Å². The Hall–Kier alpha value is -4.16. The Morgan fingerprint density at radius 3 is 1.00 bits per heavy atom. The molecule has 0 bridgehead atoms. The van der Waals surface area contributed by atoms with Crippen molar-refractivity contribution in [1.29, 1.82) is 0 Å². The molecule has 4 aromatic heterocycles. The highest BCUT2D eigenvalue weighted by atomic mass is 16.6. The van der Waals surface area contributed by atoms with Gasteiger partial charge in [0.05, 0.1) is 64.3 Å². The lowest BCUT2D eigenvalue weighted by Gasteiger charge is -2.42. The Labute approximate surface area is 359 Å². The maximum Gasteiger partial charge on any atom is 0.132 e. The van der Waals surface area contributed by atoms with Crippen LogP contribution in [0.3, 0.4) is 0 Å². The van der Waals surface area contributed by atoms with Crippen LogP contribution in [0.15, 0.2) is 24.8 Å². The monoisotopic (exact) mass is 914 g/mol. The van der Waals surface area contributed by atoms with Crippen LogP contribution in [0.25, 0.3) is 0 Å².